The van der Waals surface area contributed by atoms with E-state index in [-0.39, 0.29) is 19.6 Å². The summed E-state index contributed by atoms with van der Waals surface area (Å²) in [5.41, 5.74) is 2.84. The number of amides is 1. The van der Waals surface area contributed by atoms with E-state index in [4.69, 9.17) is 9.47 Å². The van der Waals surface area contributed by atoms with Gasteiger partial charge in [0.2, 0.25) is 0 Å². The zero-order valence-electron chi connectivity index (χ0n) is 16.8. The van der Waals surface area contributed by atoms with Crippen LogP contribution in [-0.4, -0.2) is 24.4 Å². The lowest BCUT2D eigenvalue weighted by Crippen LogP contribution is -2.42. The molecule has 0 heterocycles. The molecule has 29 heavy (non-hydrogen) atoms. The minimum absolute atomic E-state index is 0.0638. The molecule has 6 heteroatoms. The first kappa shape index (κ1) is 22.1. The average molecular weight is 397 g/mol. The van der Waals surface area contributed by atoms with Gasteiger partial charge in [-0.15, -0.1) is 0 Å². The van der Waals surface area contributed by atoms with Crippen LogP contribution in [0.25, 0.3) is 0 Å². The number of carbonyl (C=O) groups excluding carboxylic acids is 3. The zero-order valence-corrected chi connectivity index (χ0v) is 16.8. The molecule has 6 nitrogen and oxygen atoms in total. The minimum Gasteiger partial charge on any atom is -0.459 e. The number of carbonyl (C=O) groups is 3. The Morgan fingerprint density at radius 2 is 1.59 bits per heavy atom. The molecule has 0 saturated carbocycles. The van der Waals surface area contributed by atoms with Crippen LogP contribution in [0.4, 0.5) is 4.79 Å². The number of hydrogen-bond acceptors (Lipinski definition) is 5. The lowest BCUT2D eigenvalue weighted by Gasteiger charge is -2.16. The van der Waals surface area contributed by atoms with Gasteiger partial charge in [-0.05, 0) is 29.0 Å². The fourth-order valence-electron chi connectivity index (χ4n) is 2.80. The van der Waals surface area contributed by atoms with Crippen LogP contribution in [0.3, 0.4) is 0 Å². The topological polar surface area (TPSA) is 81.7 Å². The highest BCUT2D eigenvalue weighted by atomic mass is 16.6. The van der Waals surface area contributed by atoms with Crippen LogP contribution in [0, 0.1) is 5.92 Å². The minimum atomic E-state index is -1.09. The molecule has 0 bridgehead atoms. The van der Waals surface area contributed by atoms with Crippen LogP contribution in [0.2, 0.25) is 0 Å². The molecule has 2 aromatic carbocycles. The quantitative estimate of drug-likeness (QED) is 0.487. The zero-order chi connectivity index (χ0) is 21.1. The summed E-state index contributed by atoms with van der Waals surface area (Å²) < 4.78 is 10.5. The van der Waals surface area contributed by atoms with Crippen molar-refractivity contribution in [2.75, 3.05) is 0 Å². The third-order valence-corrected chi connectivity index (χ3v) is 4.24. The Bertz CT molecular complexity index is 804. The molecule has 0 unspecified atom stereocenters. The van der Waals surface area contributed by atoms with Crippen molar-refractivity contribution in [1.82, 2.24) is 5.32 Å². The first-order valence-corrected chi connectivity index (χ1v) is 9.64. The van der Waals surface area contributed by atoms with Crippen LogP contribution < -0.4 is 5.32 Å². The molecule has 0 aliphatic carbocycles. The van der Waals surface area contributed by atoms with Crippen LogP contribution in [0.15, 0.2) is 54.6 Å². The fourth-order valence-corrected chi connectivity index (χ4v) is 2.80. The van der Waals surface area contributed by atoms with Crippen molar-refractivity contribution in [3.8, 4) is 0 Å². The highest BCUT2D eigenvalue weighted by molar-refractivity contribution is 5.83. The number of nitrogens with one attached hydrogen (secondary N) is 1. The van der Waals surface area contributed by atoms with E-state index in [1.165, 1.54) is 0 Å². The van der Waals surface area contributed by atoms with Crippen LogP contribution in [-0.2, 0) is 38.7 Å². The third-order valence-electron chi connectivity index (χ3n) is 4.24. The van der Waals surface area contributed by atoms with E-state index < -0.39 is 18.1 Å². The third kappa shape index (κ3) is 7.78. The van der Waals surface area contributed by atoms with Crippen LogP contribution in [0.5, 0.6) is 0 Å². The Morgan fingerprint density at radius 3 is 2.24 bits per heavy atom. The fraction of sp³-hybridized carbons (Fsp3) is 0.348. The first-order chi connectivity index (χ1) is 14.0. The van der Waals surface area contributed by atoms with Gasteiger partial charge in [-0.1, -0.05) is 68.4 Å². The standard InChI is InChI=1S/C23H27NO5/c1-17(2)14-19-10-6-7-11-20(19)16-29-23(27)24-21(12-13-25)22(26)28-15-18-8-4-3-5-9-18/h3-11,13,17,21H,12,14-16H2,1-2H3,(H,24,27)/t21-/m0/s1. The predicted molar refractivity (Wildman–Crippen MR) is 109 cm³/mol. The Labute approximate surface area is 171 Å². The highest BCUT2D eigenvalue weighted by Gasteiger charge is 2.23. The number of ether oxygens (including phenoxy) is 2. The molecule has 2 rings (SSSR count). The van der Waals surface area contributed by atoms with E-state index in [0.29, 0.717) is 12.2 Å². The summed E-state index contributed by atoms with van der Waals surface area (Å²) in [6.45, 7) is 4.39. The second kappa shape index (κ2) is 11.6. The molecule has 0 aliphatic rings. The number of rotatable bonds is 10. The summed E-state index contributed by atoms with van der Waals surface area (Å²) in [4.78, 5) is 35.3. The predicted octanol–water partition coefficient (Wildman–Crippen LogP) is 3.81. The summed E-state index contributed by atoms with van der Waals surface area (Å²) in [5.74, 6) is -0.209. The van der Waals surface area contributed by atoms with Gasteiger partial charge in [0.15, 0.2) is 0 Å². The lowest BCUT2D eigenvalue weighted by molar-refractivity contribution is -0.148. The summed E-state index contributed by atoms with van der Waals surface area (Å²) >= 11 is 0. The Hall–Kier alpha value is -3.15. The molecule has 0 spiro atoms. The van der Waals surface area contributed by atoms with E-state index in [1.807, 2.05) is 54.6 Å². The maximum Gasteiger partial charge on any atom is 0.408 e. The average Bonchev–Trinajstić information content (AvgIpc) is 2.71. The van der Waals surface area contributed by atoms with Gasteiger partial charge < -0.3 is 19.6 Å². The van der Waals surface area contributed by atoms with Gasteiger partial charge in [0.1, 0.15) is 25.5 Å². The summed E-state index contributed by atoms with van der Waals surface area (Å²) in [5, 5.41) is 2.42. The van der Waals surface area contributed by atoms with Gasteiger partial charge in [-0.3, -0.25) is 0 Å². The summed E-state index contributed by atoms with van der Waals surface area (Å²) in [7, 11) is 0. The molecule has 1 amide bonds. The van der Waals surface area contributed by atoms with E-state index in [0.717, 1.165) is 23.1 Å². The maximum atomic E-state index is 12.2. The molecule has 0 radical (unpaired) electrons. The van der Waals surface area contributed by atoms with Crippen molar-refractivity contribution in [1.29, 1.82) is 0 Å². The molecule has 1 atom stereocenters. The largest absolute Gasteiger partial charge is 0.459 e. The Kier molecular flexibility index (Phi) is 8.89. The molecule has 0 saturated heterocycles. The number of alkyl carbamates (subject to hydrolysis) is 1. The van der Waals surface area contributed by atoms with Gasteiger partial charge in [0.25, 0.3) is 0 Å². The van der Waals surface area contributed by atoms with Crippen LogP contribution in [0.1, 0.15) is 37.0 Å². The van der Waals surface area contributed by atoms with Crippen molar-refractivity contribution in [2.45, 2.75) is 45.9 Å². The normalized spacial score (nSPS) is 11.6. The smallest absolute Gasteiger partial charge is 0.408 e. The van der Waals surface area contributed by atoms with E-state index in [2.05, 4.69) is 19.2 Å². The van der Waals surface area contributed by atoms with Gasteiger partial charge in [-0.2, -0.15) is 0 Å². The summed E-state index contributed by atoms with van der Waals surface area (Å²) in [6, 6.07) is 15.8. The SMILES string of the molecule is CC(C)Cc1ccccc1COC(=O)N[C@@H](CC=O)C(=O)OCc1ccccc1. The van der Waals surface area contributed by atoms with Gasteiger partial charge in [0.05, 0.1) is 0 Å². The number of aldehydes is 1. The van der Waals surface area contributed by atoms with Crippen LogP contribution >= 0.6 is 0 Å². The van der Waals surface area contributed by atoms with Crippen molar-refractivity contribution >= 4 is 18.3 Å². The molecule has 154 valence electrons. The van der Waals surface area contributed by atoms with Gasteiger partial charge in [0, 0.05) is 6.42 Å². The molecule has 0 aliphatic heterocycles. The van der Waals surface area contributed by atoms with Crippen molar-refractivity contribution in [3.05, 3.63) is 71.3 Å². The van der Waals surface area contributed by atoms with E-state index >= 15 is 0 Å². The van der Waals surface area contributed by atoms with E-state index in [1.54, 1.807) is 0 Å². The number of esters is 1. The summed E-state index contributed by atoms with van der Waals surface area (Å²) in [6.07, 6.45) is 0.480. The molecule has 1 N–H and O–H groups in total. The molecule has 0 aromatic heterocycles. The maximum absolute atomic E-state index is 12.2. The molecule has 0 fully saturated rings. The monoisotopic (exact) mass is 397 g/mol. The number of benzene rings is 2. The van der Waals surface area contributed by atoms with Gasteiger partial charge >= 0.3 is 12.1 Å². The van der Waals surface area contributed by atoms with E-state index in [9.17, 15) is 14.4 Å². The van der Waals surface area contributed by atoms with Crippen molar-refractivity contribution in [3.63, 3.8) is 0 Å². The lowest BCUT2D eigenvalue weighted by atomic mass is 9.98. The second-order valence-electron chi connectivity index (χ2n) is 7.14. The van der Waals surface area contributed by atoms with Gasteiger partial charge in [-0.25, -0.2) is 9.59 Å². The Balaban J connectivity index is 1.89. The van der Waals surface area contributed by atoms with Crippen molar-refractivity contribution < 1.29 is 23.9 Å². The Morgan fingerprint density at radius 1 is 0.931 bits per heavy atom. The molecular weight excluding hydrogens is 370 g/mol. The van der Waals surface area contributed by atoms with Crippen molar-refractivity contribution in [2.24, 2.45) is 5.92 Å². The number of hydrogen-bond donors (Lipinski definition) is 1. The molecular formula is C23H27NO5. The second-order valence-corrected chi connectivity index (χ2v) is 7.14. The molecule has 2 aromatic rings. The first-order valence-electron chi connectivity index (χ1n) is 9.64. The highest BCUT2D eigenvalue weighted by Crippen LogP contribution is 2.15.